The highest BCUT2D eigenvalue weighted by molar-refractivity contribution is 9.11. The van der Waals surface area contributed by atoms with Gasteiger partial charge in [-0.25, -0.2) is 9.78 Å². The van der Waals surface area contributed by atoms with Crippen LogP contribution in [0.3, 0.4) is 0 Å². The van der Waals surface area contributed by atoms with Crippen LogP contribution in [0.2, 0.25) is 0 Å². The number of halogens is 1. The summed E-state index contributed by atoms with van der Waals surface area (Å²) >= 11 is 4.62. The molecular weight excluding hydrogens is 418 g/mol. The van der Waals surface area contributed by atoms with Crippen molar-refractivity contribution in [3.63, 3.8) is 0 Å². The number of fused-ring (bicyclic) bond motifs is 1. The predicted molar refractivity (Wildman–Crippen MR) is 104 cm³/mol. The van der Waals surface area contributed by atoms with E-state index in [2.05, 4.69) is 20.9 Å². The summed E-state index contributed by atoms with van der Waals surface area (Å²) in [5.41, 5.74) is 2.40. The molecule has 1 aromatic carbocycles. The van der Waals surface area contributed by atoms with Crippen LogP contribution in [0.1, 0.15) is 31.3 Å². The lowest BCUT2D eigenvalue weighted by molar-refractivity contribution is 0.0470. The molecule has 7 heteroatoms. The maximum atomic E-state index is 12.7. The second-order valence-electron chi connectivity index (χ2n) is 5.61. The molecule has 0 saturated heterocycles. The van der Waals surface area contributed by atoms with Gasteiger partial charge in [0.2, 0.25) is 5.78 Å². The molecular formula is C19H16BrNO4S. The fraction of sp³-hybridized carbons (Fsp3) is 0.211. The summed E-state index contributed by atoms with van der Waals surface area (Å²) in [6, 6.07) is 11.0. The molecule has 0 saturated carbocycles. The molecule has 0 spiro atoms. The normalized spacial score (nSPS) is 10.9. The molecule has 0 aliphatic heterocycles. The minimum absolute atomic E-state index is 0.182. The Kier molecular flexibility index (Phi) is 5.80. The number of benzene rings is 1. The first-order valence-electron chi connectivity index (χ1n) is 7.84. The Morgan fingerprint density at radius 2 is 1.96 bits per heavy atom. The molecule has 0 amide bonds. The van der Waals surface area contributed by atoms with Gasteiger partial charge in [-0.15, -0.1) is 11.3 Å². The SMILES string of the molecule is COCc1nc2ccccc2c(C)c1C(=O)OCC(=O)c1ccc(Br)s1. The zero-order valence-corrected chi connectivity index (χ0v) is 16.6. The van der Waals surface area contributed by atoms with Gasteiger partial charge >= 0.3 is 5.97 Å². The molecule has 5 nitrogen and oxygen atoms in total. The first-order valence-corrected chi connectivity index (χ1v) is 9.45. The second-order valence-corrected chi connectivity index (χ2v) is 8.07. The van der Waals surface area contributed by atoms with Crippen LogP contribution in [0, 0.1) is 6.92 Å². The Labute approximate surface area is 163 Å². The lowest BCUT2D eigenvalue weighted by Crippen LogP contribution is -2.17. The van der Waals surface area contributed by atoms with Crippen molar-refractivity contribution in [2.24, 2.45) is 0 Å². The van der Waals surface area contributed by atoms with Crippen molar-refractivity contribution in [2.75, 3.05) is 13.7 Å². The van der Waals surface area contributed by atoms with Crippen molar-refractivity contribution >= 4 is 49.9 Å². The van der Waals surface area contributed by atoms with Crippen LogP contribution in [0.5, 0.6) is 0 Å². The zero-order chi connectivity index (χ0) is 18.7. The Morgan fingerprint density at radius 3 is 2.65 bits per heavy atom. The van der Waals surface area contributed by atoms with E-state index in [-0.39, 0.29) is 19.0 Å². The number of para-hydroxylation sites is 1. The summed E-state index contributed by atoms with van der Waals surface area (Å²) < 4.78 is 11.3. The molecule has 0 N–H and O–H groups in total. The number of aryl methyl sites for hydroxylation is 1. The highest BCUT2D eigenvalue weighted by Crippen LogP contribution is 2.25. The van der Waals surface area contributed by atoms with E-state index < -0.39 is 5.97 Å². The first kappa shape index (κ1) is 18.7. The molecule has 2 aromatic heterocycles. The van der Waals surface area contributed by atoms with Crippen LogP contribution in [0.15, 0.2) is 40.2 Å². The third-order valence-corrected chi connectivity index (χ3v) is 5.56. The molecule has 0 unspecified atom stereocenters. The van der Waals surface area contributed by atoms with Gasteiger partial charge in [0.1, 0.15) is 0 Å². The molecule has 3 rings (SSSR count). The highest BCUT2D eigenvalue weighted by atomic mass is 79.9. The number of hydrogen-bond donors (Lipinski definition) is 0. The van der Waals surface area contributed by atoms with E-state index in [0.717, 1.165) is 20.3 Å². The number of methoxy groups -OCH3 is 1. The molecule has 0 atom stereocenters. The predicted octanol–water partition coefficient (Wildman–Crippen LogP) is 4.55. The van der Waals surface area contributed by atoms with E-state index in [4.69, 9.17) is 9.47 Å². The number of esters is 1. The van der Waals surface area contributed by atoms with Gasteiger partial charge in [-0.05, 0) is 46.6 Å². The number of hydrogen-bond acceptors (Lipinski definition) is 6. The van der Waals surface area contributed by atoms with Gasteiger partial charge in [-0.1, -0.05) is 18.2 Å². The molecule has 0 fully saturated rings. The number of ketones is 1. The third kappa shape index (κ3) is 3.85. The Hall–Kier alpha value is -2.09. The van der Waals surface area contributed by atoms with Gasteiger partial charge in [0, 0.05) is 12.5 Å². The summed E-state index contributed by atoms with van der Waals surface area (Å²) in [4.78, 5) is 29.9. The van der Waals surface area contributed by atoms with Crippen LogP contribution in [-0.4, -0.2) is 30.5 Å². The molecule has 26 heavy (non-hydrogen) atoms. The molecule has 0 aliphatic rings. The molecule has 2 heterocycles. The van der Waals surface area contributed by atoms with Crippen LogP contribution in [0.25, 0.3) is 10.9 Å². The van der Waals surface area contributed by atoms with E-state index in [1.165, 1.54) is 11.3 Å². The molecule has 0 aliphatic carbocycles. The van der Waals surface area contributed by atoms with Crippen molar-refractivity contribution in [1.29, 1.82) is 0 Å². The van der Waals surface area contributed by atoms with E-state index in [1.807, 2.05) is 31.2 Å². The van der Waals surface area contributed by atoms with E-state index in [9.17, 15) is 9.59 Å². The van der Waals surface area contributed by atoms with Crippen molar-refractivity contribution in [2.45, 2.75) is 13.5 Å². The van der Waals surface area contributed by atoms with Crippen molar-refractivity contribution < 1.29 is 19.1 Å². The Bertz CT molecular complexity index is 983. The number of rotatable bonds is 6. The lowest BCUT2D eigenvalue weighted by Gasteiger charge is -2.13. The third-order valence-electron chi connectivity index (χ3n) is 3.89. The first-order chi connectivity index (χ1) is 12.5. The molecule has 0 radical (unpaired) electrons. The number of aromatic nitrogens is 1. The second kappa shape index (κ2) is 8.07. The van der Waals surface area contributed by atoms with Crippen molar-refractivity contribution in [3.05, 3.63) is 61.9 Å². The summed E-state index contributed by atoms with van der Waals surface area (Å²) in [5.74, 6) is -0.814. The molecule has 0 bridgehead atoms. The smallest absolute Gasteiger partial charge is 0.340 e. The number of carbonyl (C=O) groups excluding carboxylic acids is 2. The summed E-state index contributed by atoms with van der Waals surface area (Å²) in [7, 11) is 1.54. The largest absolute Gasteiger partial charge is 0.454 e. The zero-order valence-electron chi connectivity index (χ0n) is 14.2. The van der Waals surface area contributed by atoms with Crippen LogP contribution < -0.4 is 0 Å². The lowest BCUT2D eigenvalue weighted by atomic mass is 10.0. The van der Waals surface area contributed by atoms with Gasteiger partial charge in [-0.3, -0.25) is 4.79 Å². The Morgan fingerprint density at radius 1 is 1.19 bits per heavy atom. The highest BCUT2D eigenvalue weighted by Gasteiger charge is 2.21. The standard InChI is InChI=1S/C19H16BrNO4S/c1-11-12-5-3-4-6-13(12)21-14(9-24-2)18(11)19(23)25-10-15(22)16-7-8-17(20)26-16/h3-8H,9-10H2,1-2H3. The van der Waals surface area contributed by atoms with Gasteiger partial charge in [0.15, 0.2) is 6.61 Å². The summed E-state index contributed by atoms with van der Waals surface area (Å²) in [5, 5.41) is 0.868. The van der Waals surface area contributed by atoms with Crippen LogP contribution in [0.4, 0.5) is 0 Å². The fourth-order valence-corrected chi connectivity index (χ4v) is 4.00. The number of nitrogens with zero attached hydrogens (tertiary/aromatic N) is 1. The number of carbonyl (C=O) groups is 2. The fourth-order valence-electron chi connectivity index (χ4n) is 2.69. The molecule has 134 valence electrons. The van der Waals surface area contributed by atoms with E-state index >= 15 is 0 Å². The van der Waals surface area contributed by atoms with Crippen LogP contribution in [-0.2, 0) is 16.1 Å². The summed E-state index contributed by atoms with van der Waals surface area (Å²) in [6.07, 6.45) is 0. The minimum atomic E-state index is -0.572. The number of pyridine rings is 1. The minimum Gasteiger partial charge on any atom is -0.454 e. The average Bonchev–Trinajstić information content (AvgIpc) is 3.06. The number of Topliss-reactive ketones (excluding diaryl/α,β-unsaturated/α-hetero) is 1. The Balaban J connectivity index is 1.88. The average molecular weight is 434 g/mol. The topological polar surface area (TPSA) is 65.5 Å². The number of thiophene rings is 1. The molecule has 3 aromatic rings. The van der Waals surface area contributed by atoms with Crippen molar-refractivity contribution in [1.82, 2.24) is 4.98 Å². The van der Waals surface area contributed by atoms with E-state index in [1.54, 1.807) is 19.2 Å². The van der Waals surface area contributed by atoms with E-state index in [0.29, 0.717) is 16.1 Å². The summed E-state index contributed by atoms with van der Waals surface area (Å²) in [6.45, 7) is 1.71. The maximum Gasteiger partial charge on any atom is 0.340 e. The van der Waals surface area contributed by atoms with Crippen LogP contribution >= 0.6 is 27.3 Å². The van der Waals surface area contributed by atoms with Gasteiger partial charge in [0.25, 0.3) is 0 Å². The monoisotopic (exact) mass is 433 g/mol. The number of ether oxygens (including phenoxy) is 2. The van der Waals surface area contributed by atoms with Crippen molar-refractivity contribution in [3.8, 4) is 0 Å². The van der Waals surface area contributed by atoms with Gasteiger partial charge in [-0.2, -0.15) is 0 Å². The maximum absolute atomic E-state index is 12.7. The van der Waals surface area contributed by atoms with Gasteiger partial charge < -0.3 is 9.47 Å². The quantitative estimate of drug-likeness (QED) is 0.421. The van der Waals surface area contributed by atoms with Gasteiger partial charge in [0.05, 0.1) is 32.0 Å².